The van der Waals surface area contributed by atoms with Crippen LogP contribution in [0.2, 0.25) is 0 Å². The van der Waals surface area contributed by atoms with Crippen molar-refractivity contribution in [3.05, 3.63) is 29.8 Å². The fourth-order valence-electron chi connectivity index (χ4n) is 2.04. The van der Waals surface area contributed by atoms with Crippen LogP contribution in [-0.2, 0) is 15.1 Å². The van der Waals surface area contributed by atoms with Crippen LogP contribution in [0.5, 0.6) is 5.75 Å². The van der Waals surface area contributed by atoms with Crippen molar-refractivity contribution in [2.24, 2.45) is 5.92 Å². The van der Waals surface area contributed by atoms with E-state index in [9.17, 15) is 18.7 Å². The molecule has 0 amide bonds. The Kier molecular flexibility index (Phi) is 6.08. The van der Waals surface area contributed by atoms with Crippen molar-refractivity contribution in [1.82, 2.24) is 0 Å². The number of carbonyl (C=O) groups is 1. The number of esters is 1. The average molecular weight is 302 g/mol. The van der Waals surface area contributed by atoms with E-state index in [1.165, 1.54) is 26.0 Å². The van der Waals surface area contributed by atoms with Gasteiger partial charge in [-0.1, -0.05) is 12.1 Å². The Morgan fingerprint density at radius 1 is 1.24 bits per heavy atom. The lowest BCUT2D eigenvalue weighted by atomic mass is 9.83. The summed E-state index contributed by atoms with van der Waals surface area (Å²) >= 11 is 0. The summed E-state index contributed by atoms with van der Waals surface area (Å²) in [6.45, 7) is 4.96. The summed E-state index contributed by atoms with van der Waals surface area (Å²) in [6, 6.07) is 6.03. The van der Waals surface area contributed by atoms with E-state index in [0.29, 0.717) is 12.4 Å². The van der Waals surface area contributed by atoms with Crippen molar-refractivity contribution in [2.75, 3.05) is 13.2 Å². The molecule has 4 nitrogen and oxygen atoms in total. The molecule has 0 heterocycles. The molecule has 6 heteroatoms. The number of ether oxygens (including phenoxy) is 2. The largest absolute Gasteiger partial charge is 0.494 e. The van der Waals surface area contributed by atoms with Crippen LogP contribution in [0.1, 0.15) is 26.3 Å². The van der Waals surface area contributed by atoms with Gasteiger partial charge in [0.2, 0.25) is 0 Å². The molecule has 1 aromatic rings. The normalized spacial score (nSPS) is 15.4. The summed E-state index contributed by atoms with van der Waals surface area (Å²) in [4.78, 5) is 11.7. The molecule has 0 saturated carbocycles. The SMILES string of the molecule is CCOC(=O)C(C(F)F)C(C)(O)c1ccc(OCC)cc1. The number of carbonyl (C=O) groups excluding carboxylic acids is 1. The molecule has 0 saturated heterocycles. The molecule has 0 aliphatic heterocycles. The van der Waals surface area contributed by atoms with Gasteiger partial charge in [0.25, 0.3) is 6.43 Å². The Labute approximate surface area is 122 Å². The molecule has 0 aliphatic rings. The van der Waals surface area contributed by atoms with Gasteiger partial charge in [-0.3, -0.25) is 4.79 Å². The topological polar surface area (TPSA) is 55.8 Å². The zero-order valence-corrected chi connectivity index (χ0v) is 12.3. The van der Waals surface area contributed by atoms with Gasteiger partial charge in [0.05, 0.1) is 13.2 Å². The van der Waals surface area contributed by atoms with Crippen molar-refractivity contribution in [3.63, 3.8) is 0 Å². The van der Waals surface area contributed by atoms with Crippen LogP contribution >= 0.6 is 0 Å². The van der Waals surface area contributed by atoms with Crippen molar-refractivity contribution < 1.29 is 28.2 Å². The van der Waals surface area contributed by atoms with Gasteiger partial charge in [-0.2, -0.15) is 0 Å². The van der Waals surface area contributed by atoms with Crippen LogP contribution < -0.4 is 4.74 Å². The Balaban J connectivity index is 3.06. The van der Waals surface area contributed by atoms with Gasteiger partial charge >= 0.3 is 5.97 Å². The lowest BCUT2D eigenvalue weighted by Gasteiger charge is -2.31. The van der Waals surface area contributed by atoms with E-state index in [0.717, 1.165) is 0 Å². The second-order valence-electron chi connectivity index (χ2n) is 4.67. The predicted octanol–water partition coefficient (Wildman–Crippen LogP) is 2.74. The summed E-state index contributed by atoms with van der Waals surface area (Å²) in [5.74, 6) is -2.51. The molecule has 0 fully saturated rings. The van der Waals surface area contributed by atoms with E-state index in [1.54, 1.807) is 12.1 Å². The number of alkyl halides is 2. The Hall–Kier alpha value is -1.69. The molecule has 2 atom stereocenters. The summed E-state index contributed by atoms with van der Waals surface area (Å²) < 4.78 is 36.2. The van der Waals surface area contributed by atoms with Crippen LogP contribution in [0.4, 0.5) is 8.78 Å². The standard InChI is InChI=1S/C15H20F2O4/c1-4-20-11-8-6-10(7-9-11)15(3,19)12(13(16)17)14(18)21-5-2/h6-9,12-13,19H,4-5H2,1-3H3. The summed E-state index contributed by atoms with van der Waals surface area (Å²) in [6.07, 6.45) is -3.04. The van der Waals surface area contributed by atoms with Crippen molar-refractivity contribution >= 4 is 5.97 Å². The maximum absolute atomic E-state index is 13.2. The molecular formula is C15H20F2O4. The number of rotatable bonds is 7. The Bertz CT molecular complexity index is 457. The molecule has 0 bridgehead atoms. The number of hydrogen-bond acceptors (Lipinski definition) is 4. The molecule has 118 valence electrons. The van der Waals surface area contributed by atoms with Crippen molar-refractivity contribution in [3.8, 4) is 5.75 Å². The van der Waals surface area contributed by atoms with Crippen LogP contribution in [0.3, 0.4) is 0 Å². The van der Waals surface area contributed by atoms with Crippen molar-refractivity contribution in [1.29, 1.82) is 0 Å². The van der Waals surface area contributed by atoms with Gasteiger partial charge in [0.1, 0.15) is 17.3 Å². The van der Waals surface area contributed by atoms with E-state index < -0.39 is 23.9 Å². The summed E-state index contributed by atoms with van der Waals surface area (Å²) in [5, 5.41) is 10.4. The highest BCUT2D eigenvalue weighted by Crippen LogP contribution is 2.35. The van der Waals surface area contributed by atoms with Gasteiger partial charge in [-0.25, -0.2) is 8.78 Å². The van der Waals surface area contributed by atoms with Gasteiger partial charge in [-0.05, 0) is 38.5 Å². The lowest BCUT2D eigenvalue weighted by molar-refractivity contribution is -0.169. The third-order valence-electron chi connectivity index (χ3n) is 3.15. The molecule has 1 rings (SSSR count). The fourth-order valence-corrected chi connectivity index (χ4v) is 2.04. The molecule has 21 heavy (non-hydrogen) atoms. The highest BCUT2D eigenvalue weighted by atomic mass is 19.3. The van der Waals surface area contributed by atoms with E-state index in [1.807, 2.05) is 6.92 Å². The minimum Gasteiger partial charge on any atom is -0.494 e. The molecule has 0 spiro atoms. The minimum atomic E-state index is -3.04. The fraction of sp³-hybridized carbons (Fsp3) is 0.533. The summed E-state index contributed by atoms with van der Waals surface area (Å²) in [7, 11) is 0. The Morgan fingerprint density at radius 2 is 1.81 bits per heavy atom. The second kappa shape index (κ2) is 7.36. The van der Waals surface area contributed by atoms with Crippen LogP contribution in [-0.4, -0.2) is 30.7 Å². The molecule has 2 unspecified atom stereocenters. The zero-order valence-electron chi connectivity index (χ0n) is 12.3. The monoisotopic (exact) mass is 302 g/mol. The third-order valence-corrected chi connectivity index (χ3v) is 3.15. The Morgan fingerprint density at radius 3 is 2.24 bits per heavy atom. The van der Waals surface area contributed by atoms with E-state index in [2.05, 4.69) is 4.74 Å². The maximum atomic E-state index is 13.2. The quantitative estimate of drug-likeness (QED) is 0.787. The molecular weight excluding hydrogens is 282 g/mol. The van der Waals surface area contributed by atoms with Crippen LogP contribution in [0.15, 0.2) is 24.3 Å². The first-order valence-corrected chi connectivity index (χ1v) is 6.75. The smallest absolute Gasteiger partial charge is 0.318 e. The first kappa shape index (κ1) is 17.4. The van der Waals surface area contributed by atoms with Gasteiger partial charge < -0.3 is 14.6 Å². The van der Waals surface area contributed by atoms with Gasteiger partial charge in [-0.15, -0.1) is 0 Å². The molecule has 0 aliphatic carbocycles. The first-order valence-electron chi connectivity index (χ1n) is 6.75. The highest BCUT2D eigenvalue weighted by molar-refractivity contribution is 5.74. The third kappa shape index (κ3) is 4.14. The molecule has 0 radical (unpaired) electrons. The zero-order chi connectivity index (χ0) is 16.0. The lowest BCUT2D eigenvalue weighted by Crippen LogP contribution is -2.42. The number of benzene rings is 1. The first-order chi connectivity index (χ1) is 9.84. The van der Waals surface area contributed by atoms with E-state index in [4.69, 9.17) is 4.74 Å². The number of aliphatic hydroxyl groups is 1. The minimum absolute atomic E-state index is 0.0264. The molecule has 0 aromatic heterocycles. The average Bonchev–Trinajstić information content (AvgIpc) is 2.39. The van der Waals surface area contributed by atoms with Crippen LogP contribution in [0, 0.1) is 5.92 Å². The van der Waals surface area contributed by atoms with Crippen molar-refractivity contribution in [2.45, 2.75) is 32.8 Å². The highest BCUT2D eigenvalue weighted by Gasteiger charge is 2.46. The van der Waals surface area contributed by atoms with E-state index >= 15 is 0 Å². The molecule has 1 aromatic carbocycles. The summed E-state index contributed by atoms with van der Waals surface area (Å²) in [5.41, 5.74) is -1.84. The van der Waals surface area contributed by atoms with Gasteiger partial charge in [0, 0.05) is 0 Å². The molecule has 1 N–H and O–H groups in total. The van der Waals surface area contributed by atoms with Crippen LogP contribution in [0.25, 0.3) is 0 Å². The van der Waals surface area contributed by atoms with Gasteiger partial charge in [0.15, 0.2) is 0 Å². The number of halogens is 2. The van der Waals surface area contributed by atoms with E-state index in [-0.39, 0.29) is 12.2 Å². The number of hydrogen-bond donors (Lipinski definition) is 1. The predicted molar refractivity (Wildman–Crippen MR) is 73.3 cm³/mol. The second-order valence-corrected chi connectivity index (χ2v) is 4.67. The maximum Gasteiger partial charge on any atom is 0.318 e.